The molecule has 0 bridgehead atoms. The molecule has 1 heterocycles. The first kappa shape index (κ1) is 16.1. The van der Waals surface area contributed by atoms with Crippen molar-refractivity contribution in [1.29, 1.82) is 0 Å². The van der Waals surface area contributed by atoms with E-state index < -0.39 is 5.97 Å². The van der Waals surface area contributed by atoms with Gasteiger partial charge in [-0.05, 0) is 30.9 Å². The third-order valence-electron chi connectivity index (χ3n) is 3.54. The van der Waals surface area contributed by atoms with Crippen molar-refractivity contribution in [2.45, 2.75) is 38.6 Å². The standard InChI is InChI=1S/C13H24N2O3S/c1-10(3-4-12(16)17)5-7-14-13(18)15(2)11-6-8-19-9-11/h10-11H,3-9H2,1-2H3,(H,14,18)(H,16,17). The Hall–Kier alpha value is -0.910. The van der Waals surface area contributed by atoms with Crippen LogP contribution >= 0.6 is 11.8 Å². The molecule has 0 radical (unpaired) electrons. The van der Waals surface area contributed by atoms with E-state index in [1.807, 2.05) is 25.7 Å². The smallest absolute Gasteiger partial charge is 0.317 e. The third kappa shape index (κ3) is 6.18. The van der Waals surface area contributed by atoms with Gasteiger partial charge in [0.05, 0.1) is 0 Å². The van der Waals surface area contributed by atoms with Crippen molar-refractivity contribution >= 4 is 23.8 Å². The van der Waals surface area contributed by atoms with Crippen LogP contribution in [0.3, 0.4) is 0 Å². The first-order valence-electron chi connectivity index (χ1n) is 6.81. The molecule has 0 saturated carbocycles. The number of amides is 2. The molecule has 0 aromatic rings. The number of nitrogens with one attached hydrogen (secondary N) is 1. The SMILES string of the molecule is CC(CCNC(=O)N(C)C1CCSC1)CCC(=O)O. The van der Waals surface area contributed by atoms with Gasteiger partial charge in [0.15, 0.2) is 0 Å². The number of hydrogen-bond acceptors (Lipinski definition) is 3. The van der Waals surface area contributed by atoms with E-state index in [0.29, 0.717) is 24.9 Å². The van der Waals surface area contributed by atoms with Gasteiger partial charge in [-0.1, -0.05) is 6.92 Å². The number of carboxylic acid groups (broad SMARTS) is 1. The maximum absolute atomic E-state index is 11.9. The van der Waals surface area contributed by atoms with Crippen LogP contribution < -0.4 is 5.32 Å². The Morgan fingerprint density at radius 3 is 2.79 bits per heavy atom. The Balaban J connectivity index is 2.13. The first-order chi connectivity index (χ1) is 9.00. The quantitative estimate of drug-likeness (QED) is 0.752. The fourth-order valence-electron chi connectivity index (χ4n) is 2.06. The molecule has 2 unspecified atom stereocenters. The van der Waals surface area contributed by atoms with Crippen LogP contribution in [0.1, 0.15) is 32.6 Å². The largest absolute Gasteiger partial charge is 0.481 e. The van der Waals surface area contributed by atoms with Crippen LogP contribution in [-0.2, 0) is 4.79 Å². The summed E-state index contributed by atoms with van der Waals surface area (Å²) in [7, 11) is 1.85. The summed E-state index contributed by atoms with van der Waals surface area (Å²) < 4.78 is 0. The van der Waals surface area contributed by atoms with Crippen molar-refractivity contribution in [3.05, 3.63) is 0 Å². The molecule has 2 amide bonds. The average Bonchev–Trinajstić information content (AvgIpc) is 2.89. The number of hydrogen-bond donors (Lipinski definition) is 2. The summed E-state index contributed by atoms with van der Waals surface area (Å²) in [6.45, 7) is 2.64. The Morgan fingerprint density at radius 2 is 2.21 bits per heavy atom. The lowest BCUT2D eigenvalue weighted by Crippen LogP contribution is -2.44. The minimum atomic E-state index is -0.755. The van der Waals surface area contributed by atoms with E-state index in [4.69, 9.17) is 5.11 Å². The number of carbonyl (C=O) groups is 2. The lowest BCUT2D eigenvalue weighted by molar-refractivity contribution is -0.137. The van der Waals surface area contributed by atoms with Crippen molar-refractivity contribution in [2.75, 3.05) is 25.1 Å². The Kier molecular flexibility index (Phi) is 7.05. The zero-order valence-corrected chi connectivity index (χ0v) is 12.5. The number of rotatable bonds is 7. The molecule has 0 spiro atoms. The van der Waals surface area contributed by atoms with Gasteiger partial charge in [0.25, 0.3) is 0 Å². The van der Waals surface area contributed by atoms with Crippen LogP contribution in [0, 0.1) is 5.92 Å². The lowest BCUT2D eigenvalue weighted by atomic mass is 10.0. The predicted molar refractivity (Wildman–Crippen MR) is 77.5 cm³/mol. The molecule has 0 aromatic heterocycles. The molecule has 1 aliphatic rings. The number of thioether (sulfide) groups is 1. The minimum Gasteiger partial charge on any atom is -0.481 e. The number of carboxylic acids is 1. The highest BCUT2D eigenvalue weighted by atomic mass is 32.2. The first-order valence-corrected chi connectivity index (χ1v) is 7.96. The van der Waals surface area contributed by atoms with Crippen LogP contribution in [0.5, 0.6) is 0 Å². The van der Waals surface area contributed by atoms with Gasteiger partial charge in [-0.2, -0.15) is 11.8 Å². The van der Waals surface area contributed by atoms with Crippen LogP contribution in [0.2, 0.25) is 0 Å². The van der Waals surface area contributed by atoms with Crippen LogP contribution in [0.15, 0.2) is 0 Å². The summed E-state index contributed by atoms with van der Waals surface area (Å²) in [5, 5.41) is 11.5. The van der Waals surface area contributed by atoms with Crippen LogP contribution in [0.4, 0.5) is 4.79 Å². The molecule has 110 valence electrons. The molecule has 1 rings (SSSR count). The molecule has 2 atom stereocenters. The highest BCUT2D eigenvalue weighted by molar-refractivity contribution is 7.99. The molecule has 2 N–H and O–H groups in total. The van der Waals surface area contributed by atoms with Gasteiger partial charge in [-0.15, -0.1) is 0 Å². The summed E-state index contributed by atoms with van der Waals surface area (Å²) in [6, 6.07) is 0.340. The van der Waals surface area contributed by atoms with Crippen molar-refractivity contribution in [3.63, 3.8) is 0 Å². The van der Waals surface area contributed by atoms with E-state index in [1.54, 1.807) is 4.90 Å². The van der Waals surface area contributed by atoms with Crippen molar-refractivity contribution in [3.8, 4) is 0 Å². The molecule has 0 aliphatic carbocycles. The van der Waals surface area contributed by atoms with Crippen LogP contribution in [0.25, 0.3) is 0 Å². The highest BCUT2D eigenvalue weighted by Gasteiger charge is 2.23. The van der Waals surface area contributed by atoms with Crippen LogP contribution in [-0.4, -0.2) is 53.1 Å². The van der Waals surface area contributed by atoms with E-state index in [2.05, 4.69) is 5.32 Å². The van der Waals surface area contributed by atoms with E-state index in [-0.39, 0.29) is 12.5 Å². The second-order valence-corrected chi connectivity index (χ2v) is 6.34. The van der Waals surface area contributed by atoms with Gasteiger partial charge in [0.1, 0.15) is 0 Å². The predicted octanol–water partition coefficient (Wildman–Crippen LogP) is 2.02. The maximum Gasteiger partial charge on any atom is 0.317 e. The molecule has 19 heavy (non-hydrogen) atoms. The minimum absolute atomic E-state index is 0.0158. The monoisotopic (exact) mass is 288 g/mol. The number of carbonyl (C=O) groups excluding carboxylic acids is 1. The average molecular weight is 288 g/mol. The zero-order valence-electron chi connectivity index (χ0n) is 11.7. The molecule has 1 fully saturated rings. The summed E-state index contributed by atoms with van der Waals surface area (Å²) in [5.74, 6) is 1.73. The van der Waals surface area contributed by atoms with E-state index in [0.717, 1.165) is 24.3 Å². The van der Waals surface area contributed by atoms with Gasteiger partial charge in [0.2, 0.25) is 0 Å². The van der Waals surface area contributed by atoms with E-state index in [1.165, 1.54) is 0 Å². The fraction of sp³-hybridized carbons (Fsp3) is 0.846. The topological polar surface area (TPSA) is 69.6 Å². The summed E-state index contributed by atoms with van der Waals surface area (Å²) in [4.78, 5) is 24.1. The Labute approximate surface area is 119 Å². The highest BCUT2D eigenvalue weighted by Crippen LogP contribution is 2.21. The van der Waals surface area contributed by atoms with Gasteiger partial charge in [-0.25, -0.2) is 4.79 Å². The van der Waals surface area contributed by atoms with Gasteiger partial charge >= 0.3 is 12.0 Å². The summed E-state index contributed by atoms with van der Waals surface area (Å²) in [5.41, 5.74) is 0. The van der Waals surface area contributed by atoms with Crippen molar-refractivity contribution in [1.82, 2.24) is 10.2 Å². The summed E-state index contributed by atoms with van der Waals surface area (Å²) >= 11 is 1.89. The molecular formula is C13H24N2O3S. The number of urea groups is 1. The zero-order chi connectivity index (χ0) is 14.3. The van der Waals surface area contributed by atoms with Gasteiger partial charge < -0.3 is 15.3 Å². The second-order valence-electron chi connectivity index (χ2n) is 5.19. The molecule has 6 heteroatoms. The van der Waals surface area contributed by atoms with Crippen molar-refractivity contribution in [2.24, 2.45) is 5.92 Å². The fourth-order valence-corrected chi connectivity index (χ4v) is 3.33. The normalized spacial score (nSPS) is 20.0. The van der Waals surface area contributed by atoms with Crippen molar-refractivity contribution < 1.29 is 14.7 Å². The number of nitrogens with zero attached hydrogens (tertiary/aromatic N) is 1. The molecular weight excluding hydrogens is 264 g/mol. The van der Waals surface area contributed by atoms with Gasteiger partial charge in [-0.3, -0.25) is 4.79 Å². The van der Waals surface area contributed by atoms with E-state index in [9.17, 15) is 9.59 Å². The molecule has 1 saturated heterocycles. The Morgan fingerprint density at radius 1 is 1.47 bits per heavy atom. The molecule has 1 aliphatic heterocycles. The molecule has 0 aromatic carbocycles. The number of aliphatic carboxylic acids is 1. The van der Waals surface area contributed by atoms with Gasteiger partial charge in [0, 0.05) is 31.8 Å². The second kappa shape index (κ2) is 8.30. The van der Waals surface area contributed by atoms with E-state index >= 15 is 0 Å². The Bertz CT molecular complexity index is 306. The summed E-state index contributed by atoms with van der Waals surface area (Å²) in [6.07, 6.45) is 2.77. The lowest BCUT2D eigenvalue weighted by Gasteiger charge is -2.24. The maximum atomic E-state index is 11.9. The third-order valence-corrected chi connectivity index (χ3v) is 4.68. The molecule has 5 nitrogen and oxygen atoms in total.